The molecule has 5 nitrogen and oxygen atoms in total. The fourth-order valence-corrected chi connectivity index (χ4v) is 1.76. The van der Waals surface area contributed by atoms with Crippen LogP contribution in [-0.2, 0) is 6.42 Å². The van der Waals surface area contributed by atoms with Crippen molar-refractivity contribution in [3.05, 3.63) is 11.3 Å². The molecule has 0 aliphatic heterocycles. The van der Waals surface area contributed by atoms with Crippen molar-refractivity contribution in [2.75, 3.05) is 0 Å². The maximum absolute atomic E-state index is 4.36. The van der Waals surface area contributed by atoms with Crippen molar-refractivity contribution in [1.82, 2.24) is 25.0 Å². The summed E-state index contributed by atoms with van der Waals surface area (Å²) in [5.41, 5.74) is 2.03. The van der Waals surface area contributed by atoms with Crippen LogP contribution in [0.4, 0.5) is 0 Å². The fourth-order valence-electron chi connectivity index (χ4n) is 1.31. The third-order valence-electron chi connectivity index (χ3n) is 1.98. The molecule has 0 aliphatic carbocycles. The largest absolute Gasteiger partial charge is 0.274 e. The zero-order valence-electron chi connectivity index (χ0n) is 7.39. The van der Waals surface area contributed by atoms with Crippen LogP contribution in [0.3, 0.4) is 0 Å². The summed E-state index contributed by atoms with van der Waals surface area (Å²) in [5.74, 6) is 0.500. The fraction of sp³-hybridized carbons (Fsp3) is 0.429. The van der Waals surface area contributed by atoms with Crippen LogP contribution >= 0.6 is 12.6 Å². The van der Waals surface area contributed by atoms with Gasteiger partial charge in [-0.15, -0.1) is 12.6 Å². The Labute approximate surface area is 80.6 Å². The number of hydrogen-bond donors (Lipinski definition) is 1. The number of rotatable bonds is 1. The molecule has 2 heterocycles. The van der Waals surface area contributed by atoms with Gasteiger partial charge in [0.1, 0.15) is 5.03 Å². The van der Waals surface area contributed by atoms with Crippen LogP contribution < -0.4 is 0 Å². The Hall–Kier alpha value is -1.17. The molecule has 2 rings (SSSR count). The SMILES string of the molecule is CCc1c(C)nc2nnnn2c1S. The second kappa shape index (κ2) is 2.95. The third-order valence-corrected chi connectivity index (χ3v) is 2.44. The van der Waals surface area contributed by atoms with Crippen molar-refractivity contribution in [2.24, 2.45) is 0 Å². The molecule has 0 radical (unpaired) electrons. The molecule has 2 aromatic rings. The number of thiol groups is 1. The minimum Gasteiger partial charge on any atom is -0.215 e. The number of aromatic nitrogens is 5. The maximum atomic E-state index is 4.36. The summed E-state index contributed by atoms with van der Waals surface area (Å²) in [6, 6.07) is 0. The highest BCUT2D eigenvalue weighted by Crippen LogP contribution is 2.16. The topological polar surface area (TPSA) is 56.0 Å². The zero-order valence-corrected chi connectivity index (χ0v) is 8.28. The molecule has 68 valence electrons. The van der Waals surface area contributed by atoms with E-state index in [4.69, 9.17) is 0 Å². The predicted molar refractivity (Wildman–Crippen MR) is 49.9 cm³/mol. The molecule has 6 heteroatoms. The molecule has 2 aromatic heterocycles. The standard InChI is InChI=1S/C7H9N5S/c1-3-5-4(2)8-7-9-10-11-12(7)6(5)13/h13H,3H2,1-2H3. The van der Waals surface area contributed by atoms with Crippen molar-refractivity contribution in [1.29, 1.82) is 0 Å². The number of tetrazole rings is 1. The Kier molecular flexibility index (Phi) is 1.91. The number of aryl methyl sites for hydroxylation is 1. The molecular weight excluding hydrogens is 186 g/mol. The smallest absolute Gasteiger partial charge is 0.215 e. The Bertz CT molecular complexity index is 449. The van der Waals surface area contributed by atoms with E-state index in [2.05, 4.69) is 40.1 Å². The first-order valence-electron chi connectivity index (χ1n) is 4.00. The van der Waals surface area contributed by atoms with E-state index in [-0.39, 0.29) is 0 Å². The molecule has 0 saturated heterocycles. The monoisotopic (exact) mass is 195 g/mol. The van der Waals surface area contributed by atoms with E-state index < -0.39 is 0 Å². The molecule has 0 spiro atoms. The average Bonchev–Trinajstić information content (AvgIpc) is 2.53. The van der Waals surface area contributed by atoms with Crippen LogP contribution in [0.2, 0.25) is 0 Å². The highest BCUT2D eigenvalue weighted by atomic mass is 32.1. The first-order valence-corrected chi connectivity index (χ1v) is 4.45. The van der Waals surface area contributed by atoms with E-state index in [0.717, 1.165) is 22.7 Å². The Morgan fingerprint density at radius 2 is 2.23 bits per heavy atom. The highest BCUT2D eigenvalue weighted by Gasteiger charge is 2.09. The van der Waals surface area contributed by atoms with Gasteiger partial charge in [0.15, 0.2) is 0 Å². The predicted octanol–water partition coefficient (Wildman–Crippen LogP) is 0.679. The van der Waals surface area contributed by atoms with E-state index in [1.165, 1.54) is 4.52 Å². The van der Waals surface area contributed by atoms with Crippen LogP contribution in [0.1, 0.15) is 18.2 Å². The second-order valence-electron chi connectivity index (χ2n) is 2.74. The minimum absolute atomic E-state index is 0.500. The highest BCUT2D eigenvalue weighted by molar-refractivity contribution is 7.80. The van der Waals surface area contributed by atoms with Gasteiger partial charge in [0, 0.05) is 11.3 Å². The first kappa shape index (κ1) is 8.43. The van der Waals surface area contributed by atoms with Gasteiger partial charge in [-0.3, -0.25) is 0 Å². The summed E-state index contributed by atoms with van der Waals surface area (Å²) in [6.45, 7) is 3.99. The molecule has 0 unspecified atom stereocenters. The minimum atomic E-state index is 0.500. The molecule has 0 amide bonds. The molecule has 0 N–H and O–H groups in total. The van der Waals surface area contributed by atoms with Gasteiger partial charge >= 0.3 is 0 Å². The lowest BCUT2D eigenvalue weighted by Gasteiger charge is -2.05. The summed E-state index contributed by atoms with van der Waals surface area (Å²) < 4.78 is 1.54. The second-order valence-corrected chi connectivity index (χ2v) is 3.17. The lowest BCUT2D eigenvalue weighted by atomic mass is 10.2. The Balaban J connectivity index is 2.85. The number of fused-ring (bicyclic) bond motifs is 1. The number of nitrogens with zero attached hydrogens (tertiary/aromatic N) is 5. The zero-order chi connectivity index (χ0) is 9.42. The van der Waals surface area contributed by atoms with E-state index in [1.807, 2.05) is 6.92 Å². The van der Waals surface area contributed by atoms with Gasteiger partial charge in [-0.25, -0.2) is 4.98 Å². The van der Waals surface area contributed by atoms with Gasteiger partial charge in [-0.2, -0.15) is 4.52 Å². The summed E-state index contributed by atoms with van der Waals surface area (Å²) >= 11 is 4.36. The Morgan fingerprint density at radius 1 is 1.46 bits per heavy atom. The molecule has 0 saturated carbocycles. The number of hydrogen-bond acceptors (Lipinski definition) is 5. The van der Waals surface area contributed by atoms with Crippen molar-refractivity contribution < 1.29 is 0 Å². The van der Waals surface area contributed by atoms with Gasteiger partial charge in [0.05, 0.1) is 0 Å². The molecular formula is C7H9N5S. The van der Waals surface area contributed by atoms with Crippen LogP contribution in [0.25, 0.3) is 5.78 Å². The van der Waals surface area contributed by atoms with Crippen LogP contribution in [-0.4, -0.2) is 25.0 Å². The van der Waals surface area contributed by atoms with Gasteiger partial charge in [0.25, 0.3) is 5.78 Å². The maximum Gasteiger partial charge on any atom is 0.274 e. The van der Waals surface area contributed by atoms with Gasteiger partial charge in [-0.1, -0.05) is 12.0 Å². The van der Waals surface area contributed by atoms with Gasteiger partial charge in [-0.05, 0) is 23.8 Å². The summed E-state index contributed by atoms with van der Waals surface area (Å²) in [6.07, 6.45) is 0.882. The first-order chi connectivity index (χ1) is 6.24. The molecule has 0 aromatic carbocycles. The van der Waals surface area contributed by atoms with E-state index >= 15 is 0 Å². The van der Waals surface area contributed by atoms with Crippen molar-refractivity contribution in [3.8, 4) is 0 Å². The molecule has 13 heavy (non-hydrogen) atoms. The average molecular weight is 195 g/mol. The van der Waals surface area contributed by atoms with Crippen molar-refractivity contribution >= 4 is 18.4 Å². The van der Waals surface area contributed by atoms with Crippen molar-refractivity contribution in [3.63, 3.8) is 0 Å². The normalized spacial score (nSPS) is 11.0. The molecule has 0 fully saturated rings. The van der Waals surface area contributed by atoms with E-state index in [1.54, 1.807) is 0 Å². The van der Waals surface area contributed by atoms with Gasteiger partial charge in [0.2, 0.25) is 0 Å². The van der Waals surface area contributed by atoms with Gasteiger partial charge < -0.3 is 0 Å². The quantitative estimate of drug-likeness (QED) is 0.537. The summed E-state index contributed by atoms with van der Waals surface area (Å²) in [5, 5.41) is 11.8. The Morgan fingerprint density at radius 3 is 2.92 bits per heavy atom. The third kappa shape index (κ3) is 1.17. The summed E-state index contributed by atoms with van der Waals surface area (Å²) in [4.78, 5) is 4.25. The van der Waals surface area contributed by atoms with Crippen LogP contribution in [0, 0.1) is 6.92 Å². The van der Waals surface area contributed by atoms with E-state index in [9.17, 15) is 0 Å². The lowest BCUT2D eigenvalue weighted by molar-refractivity contribution is 0.746. The lowest BCUT2D eigenvalue weighted by Crippen LogP contribution is -2.02. The molecule has 0 bridgehead atoms. The van der Waals surface area contributed by atoms with Crippen LogP contribution in [0.15, 0.2) is 5.03 Å². The van der Waals surface area contributed by atoms with Crippen molar-refractivity contribution in [2.45, 2.75) is 25.3 Å². The molecule has 0 atom stereocenters. The molecule has 0 aliphatic rings. The summed E-state index contributed by atoms with van der Waals surface area (Å²) in [7, 11) is 0. The van der Waals surface area contributed by atoms with Crippen LogP contribution in [0.5, 0.6) is 0 Å². The van der Waals surface area contributed by atoms with E-state index in [0.29, 0.717) is 5.78 Å².